The van der Waals surface area contributed by atoms with Gasteiger partial charge in [-0.3, -0.25) is 4.79 Å². The lowest BCUT2D eigenvalue weighted by atomic mass is 10.1. The highest BCUT2D eigenvalue weighted by molar-refractivity contribution is 5.94. The fourth-order valence-electron chi connectivity index (χ4n) is 1.78. The van der Waals surface area contributed by atoms with E-state index in [9.17, 15) is 18.0 Å². The molecule has 3 nitrogen and oxygen atoms in total. The SMILES string of the molecule is CCN(Cc1ccco1)C(=O)c1cc(F)c(F)c(F)c1. The van der Waals surface area contributed by atoms with Gasteiger partial charge in [-0.05, 0) is 31.2 Å². The lowest BCUT2D eigenvalue weighted by Gasteiger charge is -2.19. The van der Waals surface area contributed by atoms with Crippen LogP contribution in [0, 0.1) is 17.5 Å². The van der Waals surface area contributed by atoms with E-state index in [0.29, 0.717) is 24.4 Å². The van der Waals surface area contributed by atoms with Crippen LogP contribution in [0.5, 0.6) is 0 Å². The average molecular weight is 283 g/mol. The van der Waals surface area contributed by atoms with Crippen molar-refractivity contribution in [3.63, 3.8) is 0 Å². The van der Waals surface area contributed by atoms with Gasteiger partial charge in [-0.15, -0.1) is 0 Å². The van der Waals surface area contributed by atoms with Crippen molar-refractivity contribution < 1.29 is 22.4 Å². The van der Waals surface area contributed by atoms with E-state index in [1.165, 1.54) is 11.2 Å². The maximum absolute atomic E-state index is 13.1. The van der Waals surface area contributed by atoms with Crippen molar-refractivity contribution in [3.05, 3.63) is 59.3 Å². The molecule has 0 aliphatic carbocycles. The predicted octanol–water partition coefficient (Wildman–Crippen LogP) is 3.36. The highest BCUT2D eigenvalue weighted by atomic mass is 19.2. The molecular formula is C14H12F3NO2. The molecule has 0 aliphatic heterocycles. The van der Waals surface area contributed by atoms with Crippen molar-refractivity contribution >= 4 is 5.91 Å². The maximum Gasteiger partial charge on any atom is 0.254 e. The van der Waals surface area contributed by atoms with E-state index in [2.05, 4.69) is 0 Å². The summed E-state index contributed by atoms with van der Waals surface area (Å²) in [6, 6.07) is 4.73. The third kappa shape index (κ3) is 2.84. The first-order valence-electron chi connectivity index (χ1n) is 5.99. The summed E-state index contributed by atoms with van der Waals surface area (Å²) in [6.45, 7) is 2.21. The first-order valence-corrected chi connectivity index (χ1v) is 5.99. The van der Waals surface area contributed by atoms with Crippen LogP contribution in [0.2, 0.25) is 0 Å². The molecule has 106 valence electrons. The normalized spacial score (nSPS) is 10.6. The van der Waals surface area contributed by atoms with E-state index in [1.807, 2.05) is 0 Å². The Morgan fingerprint density at radius 2 is 1.90 bits per heavy atom. The van der Waals surface area contributed by atoms with Crippen molar-refractivity contribution in [3.8, 4) is 0 Å². The Hall–Kier alpha value is -2.24. The molecule has 0 radical (unpaired) electrons. The van der Waals surface area contributed by atoms with E-state index in [1.54, 1.807) is 19.1 Å². The van der Waals surface area contributed by atoms with Gasteiger partial charge in [0, 0.05) is 12.1 Å². The molecule has 0 spiro atoms. The molecular weight excluding hydrogens is 271 g/mol. The topological polar surface area (TPSA) is 33.5 Å². The lowest BCUT2D eigenvalue weighted by Crippen LogP contribution is -2.30. The van der Waals surface area contributed by atoms with Crippen LogP contribution in [0.3, 0.4) is 0 Å². The van der Waals surface area contributed by atoms with Crippen LogP contribution < -0.4 is 0 Å². The fraction of sp³-hybridized carbons (Fsp3) is 0.214. The maximum atomic E-state index is 13.1. The van der Waals surface area contributed by atoms with Gasteiger partial charge in [0.15, 0.2) is 17.5 Å². The quantitative estimate of drug-likeness (QED) is 0.806. The molecule has 1 amide bonds. The molecule has 2 rings (SSSR count). The van der Waals surface area contributed by atoms with Gasteiger partial charge in [0.25, 0.3) is 5.91 Å². The highest BCUT2D eigenvalue weighted by Crippen LogP contribution is 2.16. The Kier molecular flexibility index (Phi) is 4.12. The summed E-state index contributed by atoms with van der Waals surface area (Å²) in [7, 11) is 0. The van der Waals surface area contributed by atoms with Gasteiger partial charge in [0.05, 0.1) is 12.8 Å². The molecule has 1 aromatic carbocycles. The largest absolute Gasteiger partial charge is 0.467 e. The molecule has 0 saturated heterocycles. The zero-order chi connectivity index (χ0) is 14.7. The molecule has 6 heteroatoms. The number of hydrogen-bond acceptors (Lipinski definition) is 2. The Bertz CT molecular complexity index is 588. The molecule has 20 heavy (non-hydrogen) atoms. The summed E-state index contributed by atoms with van der Waals surface area (Å²) >= 11 is 0. The van der Waals surface area contributed by atoms with Gasteiger partial charge in [-0.2, -0.15) is 0 Å². The zero-order valence-corrected chi connectivity index (χ0v) is 10.7. The van der Waals surface area contributed by atoms with Crippen molar-refractivity contribution in [1.82, 2.24) is 4.90 Å². The Morgan fingerprint density at radius 3 is 2.40 bits per heavy atom. The zero-order valence-electron chi connectivity index (χ0n) is 10.7. The predicted molar refractivity (Wildman–Crippen MR) is 65.4 cm³/mol. The molecule has 1 heterocycles. The molecule has 1 aromatic heterocycles. The summed E-state index contributed by atoms with van der Waals surface area (Å²) in [5, 5.41) is 0. The number of carbonyl (C=O) groups is 1. The van der Waals surface area contributed by atoms with Crippen LogP contribution >= 0.6 is 0 Å². The number of rotatable bonds is 4. The second-order valence-corrected chi connectivity index (χ2v) is 4.15. The molecule has 0 saturated carbocycles. The third-order valence-electron chi connectivity index (χ3n) is 2.83. The summed E-state index contributed by atoms with van der Waals surface area (Å²) in [6.07, 6.45) is 1.46. The van der Waals surface area contributed by atoms with Crippen molar-refractivity contribution in [2.45, 2.75) is 13.5 Å². The highest BCUT2D eigenvalue weighted by Gasteiger charge is 2.20. The Morgan fingerprint density at radius 1 is 1.25 bits per heavy atom. The molecule has 0 fully saturated rings. The standard InChI is InChI=1S/C14H12F3NO2/c1-2-18(8-10-4-3-5-20-10)14(19)9-6-11(15)13(17)12(16)7-9/h3-7H,2,8H2,1H3. The van der Waals surface area contributed by atoms with Crippen molar-refractivity contribution in [2.75, 3.05) is 6.54 Å². The Balaban J connectivity index is 2.24. The van der Waals surface area contributed by atoms with E-state index in [4.69, 9.17) is 4.42 Å². The lowest BCUT2D eigenvalue weighted by molar-refractivity contribution is 0.0740. The van der Waals surface area contributed by atoms with E-state index in [-0.39, 0.29) is 12.1 Å². The molecule has 0 aliphatic rings. The number of furan rings is 1. The van der Waals surface area contributed by atoms with Gasteiger partial charge in [-0.25, -0.2) is 13.2 Å². The van der Waals surface area contributed by atoms with Gasteiger partial charge < -0.3 is 9.32 Å². The second-order valence-electron chi connectivity index (χ2n) is 4.15. The van der Waals surface area contributed by atoms with E-state index >= 15 is 0 Å². The summed E-state index contributed by atoms with van der Waals surface area (Å²) < 4.78 is 44.3. The van der Waals surface area contributed by atoms with Gasteiger partial charge >= 0.3 is 0 Å². The van der Waals surface area contributed by atoms with E-state index < -0.39 is 23.4 Å². The monoisotopic (exact) mass is 283 g/mol. The summed E-state index contributed by atoms with van der Waals surface area (Å²) in [5.41, 5.74) is -0.241. The second kappa shape index (κ2) is 5.81. The van der Waals surface area contributed by atoms with Crippen LogP contribution in [0.25, 0.3) is 0 Å². The first kappa shape index (κ1) is 14.2. The van der Waals surface area contributed by atoms with Gasteiger partial charge in [0.1, 0.15) is 5.76 Å². The van der Waals surface area contributed by atoms with E-state index in [0.717, 1.165) is 0 Å². The number of amides is 1. The van der Waals surface area contributed by atoms with Crippen LogP contribution in [-0.4, -0.2) is 17.4 Å². The number of carbonyl (C=O) groups excluding carboxylic acids is 1. The van der Waals surface area contributed by atoms with Gasteiger partial charge in [-0.1, -0.05) is 0 Å². The fourth-order valence-corrected chi connectivity index (χ4v) is 1.78. The minimum atomic E-state index is -1.59. The van der Waals surface area contributed by atoms with Crippen LogP contribution in [-0.2, 0) is 6.54 Å². The number of benzene rings is 1. The number of hydrogen-bond donors (Lipinski definition) is 0. The van der Waals surface area contributed by atoms with Crippen LogP contribution in [0.4, 0.5) is 13.2 Å². The van der Waals surface area contributed by atoms with Crippen molar-refractivity contribution in [2.24, 2.45) is 0 Å². The molecule has 0 atom stereocenters. The van der Waals surface area contributed by atoms with Crippen LogP contribution in [0.1, 0.15) is 23.0 Å². The third-order valence-corrected chi connectivity index (χ3v) is 2.83. The summed E-state index contributed by atoms with van der Waals surface area (Å²) in [4.78, 5) is 13.5. The molecule has 2 aromatic rings. The smallest absolute Gasteiger partial charge is 0.254 e. The minimum Gasteiger partial charge on any atom is -0.467 e. The number of nitrogens with zero attached hydrogens (tertiary/aromatic N) is 1. The molecule has 0 bridgehead atoms. The summed E-state index contributed by atoms with van der Waals surface area (Å²) in [5.74, 6) is -4.41. The molecule has 0 unspecified atom stereocenters. The Labute approximate surface area is 113 Å². The molecule has 0 N–H and O–H groups in total. The van der Waals surface area contributed by atoms with Crippen LogP contribution in [0.15, 0.2) is 34.9 Å². The first-order chi connectivity index (χ1) is 9.52. The minimum absolute atomic E-state index is 0.170. The number of halogens is 3. The van der Waals surface area contributed by atoms with Gasteiger partial charge in [0.2, 0.25) is 0 Å². The average Bonchev–Trinajstić information content (AvgIpc) is 2.93. The van der Waals surface area contributed by atoms with Crippen molar-refractivity contribution in [1.29, 1.82) is 0 Å².